The van der Waals surface area contributed by atoms with Gasteiger partial charge in [-0.3, -0.25) is 0 Å². The lowest BCUT2D eigenvalue weighted by Crippen LogP contribution is -2.08. The predicted octanol–water partition coefficient (Wildman–Crippen LogP) is 2.41. The molecule has 0 spiro atoms. The van der Waals surface area contributed by atoms with Crippen LogP contribution in [0.4, 0.5) is 0 Å². The number of rotatable bonds is 9. The molecule has 0 aliphatic heterocycles. The van der Waals surface area contributed by atoms with Gasteiger partial charge in [0.1, 0.15) is 0 Å². The van der Waals surface area contributed by atoms with Crippen molar-refractivity contribution in [3.63, 3.8) is 0 Å². The van der Waals surface area contributed by atoms with Crippen molar-refractivity contribution in [3.8, 4) is 0 Å². The highest BCUT2D eigenvalue weighted by atomic mass is 17.2. The van der Waals surface area contributed by atoms with E-state index in [2.05, 4.69) is 13.8 Å². The second kappa shape index (κ2) is 9.96. The van der Waals surface area contributed by atoms with Crippen LogP contribution in [0.3, 0.4) is 0 Å². The SMILES string of the molecule is CCCCOOCCC(C)COC. The maximum Gasteiger partial charge on any atom is 0.0825 e. The summed E-state index contributed by atoms with van der Waals surface area (Å²) < 4.78 is 5.00. The molecule has 0 rings (SSSR count). The standard InChI is InChI=1S/C10H22O3/c1-4-5-7-12-13-8-6-10(2)9-11-3/h10H,4-9H2,1-3H3. The molecule has 0 aromatic heterocycles. The van der Waals surface area contributed by atoms with Crippen molar-refractivity contribution in [1.82, 2.24) is 0 Å². The molecular formula is C10H22O3. The van der Waals surface area contributed by atoms with Gasteiger partial charge >= 0.3 is 0 Å². The Bertz CT molecular complexity index is 96.2. The molecule has 13 heavy (non-hydrogen) atoms. The van der Waals surface area contributed by atoms with Gasteiger partial charge in [0.05, 0.1) is 13.2 Å². The number of hydrogen-bond donors (Lipinski definition) is 0. The molecule has 0 bridgehead atoms. The first-order valence-electron chi connectivity index (χ1n) is 5.04. The molecule has 0 aromatic carbocycles. The summed E-state index contributed by atoms with van der Waals surface area (Å²) in [7, 11) is 1.72. The van der Waals surface area contributed by atoms with Gasteiger partial charge in [-0.15, -0.1) is 0 Å². The first kappa shape index (κ1) is 12.9. The summed E-state index contributed by atoms with van der Waals surface area (Å²) in [5, 5.41) is 0. The molecule has 0 radical (unpaired) electrons. The molecule has 0 aliphatic carbocycles. The van der Waals surface area contributed by atoms with Gasteiger partial charge < -0.3 is 4.74 Å². The predicted molar refractivity (Wildman–Crippen MR) is 52.5 cm³/mol. The fraction of sp³-hybridized carbons (Fsp3) is 1.00. The molecule has 0 heterocycles. The van der Waals surface area contributed by atoms with Crippen molar-refractivity contribution in [2.75, 3.05) is 26.9 Å². The van der Waals surface area contributed by atoms with Crippen molar-refractivity contribution in [3.05, 3.63) is 0 Å². The summed E-state index contributed by atoms with van der Waals surface area (Å²) in [6.07, 6.45) is 3.19. The molecule has 0 saturated heterocycles. The van der Waals surface area contributed by atoms with Gasteiger partial charge in [0.15, 0.2) is 0 Å². The molecule has 1 atom stereocenters. The van der Waals surface area contributed by atoms with E-state index in [0.29, 0.717) is 19.1 Å². The highest BCUT2D eigenvalue weighted by Crippen LogP contribution is 2.02. The first-order chi connectivity index (χ1) is 6.31. The van der Waals surface area contributed by atoms with Crippen LogP contribution in [0.15, 0.2) is 0 Å². The lowest BCUT2D eigenvalue weighted by atomic mass is 10.1. The summed E-state index contributed by atoms with van der Waals surface area (Å²) in [6.45, 7) is 6.42. The Hall–Kier alpha value is -0.120. The van der Waals surface area contributed by atoms with Crippen LogP contribution in [0.25, 0.3) is 0 Å². The minimum atomic E-state index is 0.541. The average molecular weight is 190 g/mol. The smallest absolute Gasteiger partial charge is 0.0825 e. The van der Waals surface area contributed by atoms with E-state index in [1.807, 2.05) is 0 Å². The number of methoxy groups -OCH3 is 1. The van der Waals surface area contributed by atoms with E-state index in [-0.39, 0.29) is 0 Å². The van der Waals surface area contributed by atoms with Crippen molar-refractivity contribution >= 4 is 0 Å². The molecule has 0 N–H and O–H groups in total. The van der Waals surface area contributed by atoms with E-state index < -0.39 is 0 Å². The van der Waals surface area contributed by atoms with Gasteiger partial charge in [0.25, 0.3) is 0 Å². The maximum absolute atomic E-state index is 5.00. The Balaban J connectivity index is 2.97. The van der Waals surface area contributed by atoms with E-state index >= 15 is 0 Å². The number of unbranched alkanes of at least 4 members (excludes halogenated alkanes) is 1. The Labute approximate surface area is 81.3 Å². The first-order valence-corrected chi connectivity index (χ1v) is 5.04. The fourth-order valence-electron chi connectivity index (χ4n) is 0.938. The van der Waals surface area contributed by atoms with Crippen LogP contribution in [0.1, 0.15) is 33.1 Å². The van der Waals surface area contributed by atoms with Gasteiger partial charge in [0.2, 0.25) is 0 Å². The summed E-state index contributed by atoms with van der Waals surface area (Å²) in [4.78, 5) is 9.96. The monoisotopic (exact) mass is 190 g/mol. The van der Waals surface area contributed by atoms with Crippen molar-refractivity contribution in [2.24, 2.45) is 5.92 Å². The van der Waals surface area contributed by atoms with Crippen LogP contribution >= 0.6 is 0 Å². The number of hydrogen-bond acceptors (Lipinski definition) is 3. The summed E-state index contributed by atoms with van der Waals surface area (Å²) in [5.74, 6) is 0.541. The quantitative estimate of drug-likeness (QED) is 0.317. The third kappa shape index (κ3) is 9.80. The van der Waals surface area contributed by atoms with E-state index in [1.165, 1.54) is 0 Å². The summed E-state index contributed by atoms with van der Waals surface area (Å²) in [5.41, 5.74) is 0. The Morgan fingerprint density at radius 3 is 2.46 bits per heavy atom. The van der Waals surface area contributed by atoms with Gasteiger partial charge in [-0.25, -0.2) is 9.78 Å². The van der Waals surface area contributed by atoms with Crippen LogP contribution in [0.5, 0.6) is 0 Å². The molecule has 0 fully saturated rings. The third-order valence-corrected chi connectivity index (χ3v) is 1.81. The highest BCUT2D eigenvalue weighted by Gasteiger charge is 2.00. The Morgan fingerprint density at radius 2 is 1.85 bits per heavy atom. The van der Waals surface area contributed by atoms with E-state index in [9.17, 15) is 0 Å². The third-order valence-electron chi connectivity index (χ3n) is 1.81. The summed E-state index contributed by atoms with van der Waals surface area (Å²) >= 11 is 0. The van der Waals surface area contributed by atoms with E-state index in [4.69, 9.17) is 14.5 Å². The zero-order valence-corrected chi connectivity index (χ0v) is 9.04. The highest BCUT2D eigenvalue weighted by molar-refractivity contribution is 4.48. The topological polar surface area (TPSA) is 27.7 Å². The van der Waals surface area contributed by atoms with E-state index in [0.717, 1.165) is 25.9 Å². The Morgan fingerprint density at radius 1 is 1.15 bits per heavy atom. The van der Waals surface area contributed by atoms with Crippen molar-refractivity contribution < 1.29 is 14.5 Å². The van der Waals surface area contributed by atoms with Gasteiger partial charge in [-0.1, -0.05) is 20.3 Å². The summed E-state index contributed by atoms with van der Waals surface area (Å²) in [6, 6.07) is 0. The molecule has 0 aliphatic rings. The molecule has 80 valence electrons. The van der Waals surface area contributed by atoms with Crippen LogP contribution in [-0.2, 0) is 14.5 Å². The van der Waals surface area contributed by atoms with Crippen LogP contribution < -0.4 is 0 Å². The molecule has 3 nitrogen and oxygen atoms in total. The van der Waals surface area contributed by atoms with Gasteiger partial charge in [-0.2, -0.15) is 0 Å². The van der Waals surface area contributed by atoms with Gasteiger partial charge in [0, 0.05) is 13.7 Å². The zero-order valence-electron chi connectivity index (χ0n) is 9.04. The minimum absolute atomic E-state index is 0.541. The molecule has 0 aromatic rings. The second-order valence-corrected chi connectivity index (χ2v) is 3.35. The fourth-order valence-corrected chi connectivity index (χ4v) is 0.938. The van der Waals surface area contributed by atoms with Crippen molar-refractivity contribution in [1.29, 1.82) is 0 Å². The molecule has 3 heteroatoms. The maximum atomic E-state index is 5.00. The molecular weight excluding hydrogens is 168 g/mol. The normalized spacial score (nSPS) is 13.2. The lowest BCUT2D eigenvalue weighted by Gasteiger charge is -2.09. The van der Waals surface area contributed by atoms with Crippen LogP contribution in [-0.4, -0.2) is 26.9 Å². The second-order valence-electron chi connectivity index (χ2n) is 3.35. The van der Waals surface area contributed by atoms with Gasteiger partial charge in [-0.05, 0) is 18.8 Å². The minimum Gasteiger partial charge on any atom is -0.384 e. The molecule has 0 amide bonds. The molecule has 0 saturated carbocycles. The largest absolute Gasteiger partial charge is 0.384 e. The lowest BCUT2D eigenvalue weighted by molar-refractivity contribution is -0.296. The van der Waals surface area contributed by atoms with Crippen LogP contribution in [0, 0.1) is 5.92 Å². The van der Waals surface area contributed by atoms with Crippen LogP contribution in [0.2, 0.25) is 0 Å². The molecule has 1 unspecified atom stereocenters. The Kier molecular flexibility index (Phi) is 9.87. The average Bonchev–Trinajstić information content (AvgIpc) is 2.11. The van der Waals surface area contributed by atoms with Crippen molar-refractivity contribution in [2.45, 2.75) is 33.1 Å². The van der Waals surface area contributed by atoms with E-state index in [1.54, 1.807) is 7.11 Å². The number of ether oxygens (including phenoxy) is 1. The zero-order chi connectivity index (χ0) is 9.94.